The Bertz CT molecular complexity index is 1210. The zero-order valence-corrected chi connectivity index (χ0v) is 21.6. The van der Waals surface area contributed by atoms with Crippen molar-refractivity contribution in [1.29, 1.82) is 0 Å². The Kier molecular flexibility index (Phi) is 7.98. The van der Waals surface area contributed by atoms with E-state index in [2.05, 4.69) is 33.1 Å². The highest BCUT2D eigenvalue weighted by Gasteiger charge is 2.23. The molecule has 1 aliphatic heterocycles. The van der Waals surface area contributed by atoms with Gasteiger partial charge in [0, 0.05) is 54.5 Å². The Morgan fingerprint density at radius 1 is 1.11 bits per heavy atom. The molecular weight excluding hydrogens is 464 g/mol. The molecule has 7 nitrogen and oxygen atoms in total. The van der Waals surface area contributed by atoms with Gasteiger partial charge in [-0.3, -0.25) is 4.98 Å². The third-order valence-electron chi connectivity index (χ3n) is 6.43. The van der Waals surface area contributed by atoms with Crippen LogP contribution >= 0.6 is 11.6 Å². The van der Waals surface area contributed by atoms with E-state index >= 15 is 0 Å². The molecule has 1 saturated heterocycles. The van der Waals surface area contributed by atoms with Crippen molar-refractivity contribution < 1.29 is 14.3 Å². The SMILES string of the molecule is CCOC(=O)c1cnc2cc(OCC)c(N3CCN(CC)CC3)cc2c1Nc1cccc(Cl)c1C. The van der Waals surface area contributed by atoms with Crippen LogP contribution in [0.4, 0.5) is 17.1 Å². The van der Waals surface area contributed by atoms with Gasteiger partial charge in [0.2, 0.25) is 0 Å². The highest BCUT2D eigenvalue weighted by Crippen LogP contribution is 2.39. The van der Waals surface area contributed by atoms with E-state index < -0.39 is 5.97 Å². The number of anilines is 3. The van der Waals surface area contributed by atoms with Gasteiger partial charge in [0.25, 0.3) is 0 Å². The van der Waals surface area contributed by atoms with Crippen molar-refractivity contribution in [3.63, 3.8) is 0 Å². The first-order valence-electron chi connectivity index (χ1n) is 12.2. The molecule has 0 bridgehead atoms. The number of fused-ring (bicyclic) bond motifs is 1. The number of likely N-dealkylation sites (N-methyl/N-ethyl adjacent to an activating group) is 1. The summed E-state index contributed by atoms with van der Waals surface area (Å²) < 4.78 is 11.4. The van der Waals surface area contributed by atoms with Crippen molar-refractivity contribution in [1.82, 2.24) is 9.88 Å². The molecule has 0 atom stereocenters. The van der Waals surface area contributed by atoms with Crippen molar-refractivity contribution in [2.75, 3.05) is 56.2 Å². The number of carbonyl (C=O) groups excluding carboxylic acids is 1. The Morgan fingerprint density at radius 2 is 1.89 bits per heavy atom. The topological polar surface area (TPSA) is 66.9 Å². The molecule has 8 heteroatoms. The van der Waals surface area contributed by atoms with Gasteiger partial charge in [0.1, 0.15) is 11.3 Å². The summed E-state index contributed by atoms with van der Waals surface area (Å²) in [6.07, 6.45) is 1.57. The van der Waals surface area contributed by atoms with Crippen LogP contribution in [0, 0.1) is 6.92 Å². The number of esters is 1. The molecule has 35 heavy (non-hydrogen) atoms. The molecular formula is C27H33ClN4O3. The number of nitrogens with zero attached hydrogens (tertiary/aromatic N) is 3. The van der Waals surface area contributed by atoms with Crippen molar-refractivity contribution in [2.24, 2.45) is 0 Å². The molecule has 0 aliphatic carbocycles. The zero-order valence-electron chi connectivity index (χ0n) is 20.9. The second kappa shape index (κ2) is 11.1. The molecule has 1 N–H and O–H groups in total. The molecule has 0 radical (unpaired) electrons. The largest absolute Gasteiger partial charge is 0.492 e. The highest BCUT2D eigenvalue weighted by atomic mass is 35.5. The van der Waals surface area contributed by atoms with Crippen LogP contribution in [0.25, 0.3) is 10.9 Å². The fourth-order valence-electron chi connectivity index (χ4n) is 4.41. The third-order valence-corrected chi connectivity index (χ3v) is 6.84. The van der Waals surface area contributed by atoms with Gasteiger partial charge in [-0.15, -0.1) is 0 Å². The minimum absolute atomic E-state index is 0.280. The van der Waals surface area contributed by atoms with Crippen molar-refractivity contribution in [3.8, 4) is 5.75 Å². The number of carbonyl (C=O) groups is 1. The van der Waals surface area contributed by atoms with E-state index in [1.165, 1.54) is 0 Å². The van der Waals surface area contributed by atoms with Gasteiger partial charge in [-0.05, 0) is 51.1 Å². The summed E-state index contributed by atoms with van der Waals surface area (Å²) >= 11 is 6.39. The maximum atomic E-state index is 12.9. The average Bonchev–Trinajstić information content (AvgIpc) is 2.87. The Balaban J connectivity index is 1.88. The lowest BCUT2D eigenvalue weighted by molar-refractivity contribution is 0.0527. The van der Waals surface area contributed by atoms with Crippen LogP contribution in [-0.4, -0.2) is 61.8 Å². The standard InChI is InChI=1S/C27H33ClN4O3/c1-5-31-11-13-32(14-12-31)24-15-19-23(16-25(24)34-6-2)29-17-20(27(33)35-7-3)26(19)30-22-10-8-9-21(28)18(22)4/h8-10,15-17H,5-7,11-14H2,1-4H3,(H,29,30). The van der Waals surface area contributed by atoms with Gasteiger partial charge >= 0.3 is 5.97 Å². The smallest absolute Gasteiger partial charge is 0.341 e. The molecule has 1 fully saturated rings. The summed E-state index contributed by atoms with van der Waals surface area (Å²) in [5.41, 5.74) is 4.49. The number of aromatic nitrogens is 1. The van der Waals surface area contributed by atoms with E-state index in [4.69, 9.17) is 21.1 Å². The lowest BCUT2D eigenvalue weighted by Crippen LogP contribution is -2.46. The molecule has 2 aromatic carbocycles. The number of benzene rings is 2. The summed E-state index contributed by atoms with van der Waals surface area (Å²) in [6, 6.07) is 9.73. The first-order chi connectivity index (χ1) is 17.0. The highest BCUT2D eigenvalue weighted by molar-refractivity contribution is 6.31. The summed E-state index contributed by atoms with van der Waals surface area (Å²) in [7, 11) is 0. The van der Waals surface area contributed by atoms with Crippen LogP contribution in [0.2, 0.25) is 5.02 Å². The number of nitrogens with one attached hydrogen (secondary N) is 1. The normalized spacial score (nSPS) is 14.3. The van der Waals surface area contributed by atoms with Gasteiger partial charge < -0.3 is 24.6 Å². The quantitative estimate of drug-likeness (QED) is 0.404. The maximum absolute atomic E-state index is 12.9. The molecule has 0 spiro atoms. The Morgan fingerprint density at radius 3 is 2.57 bits per heavy atom. The molecule has 4 rings (SSSR count). The fourth-order valence-corrected chi connectivity index (χ4v) is 4.58. The molecule has 0 saturated carbocycles. The number of ether oxygens (including phenoxy) is 2. The second-order valence-corrected chi connectivity index (χ2v) is 8.90. The summed E-state index contributed by atoms with van der Waals surface area (Å²) in [6.45, 7) is 13.6. The Labute approximate surface area is 212 Å². The number of hydrogen-bond donors (Lipinski definition) is 1. The number of halogens is 1. The van der Waals surface area contributed by atoms with Crippen molar-refractivity contribution in [2.45, 2.75) is 27.7 Å². The van der Waals surface area contributed by atoms with E-state index in [-0.39, 0.29) is 6.61 Å². The third kappa shape index (κ3) is 5.31. The van der Waals surface area contributed by atoms with E-state index in [0.29, 0.717) is 22.9 Å². The molecule has 186 valence electrons. The molecule has 0 amide bonds. The molecule has 2 heterocycles. The van der Waals surface area contributed by atoms with Crippen molar-refractivity contribution >= 4 is 45.5 Å². The van der Waals surface area contributed by atoms with Gasteiger partial charge in [-0.1, -0.05) is 24.6 Å². The van der Waals surface area contributed by atoms with Gasteiger partial charge in [-0.2, -0.15) is 0 Å². The monoisotopic (exact) mass is 496 g/mol. The fraction of sp³-hybridized carbons (Fsp3) is 0.407. The van der Waals surface area contributed by atoms with Gasteiger partial charge in [0.05, 0.1) is 30.1 Å². The van der Waals surface area contributed by atoms with Gasteiger partial charge in [0.15, 0.2) is 0 Å². The van der Waals surface area contributed by atoms with Gasteiger partial charge in [-0.25, -0.2) is 4.79 Å². The van der Waals surface area contributed by atoms with E-state index in [1.807, 2.05) is 38.1 Å². The van der Waals surface area contributed by atoms with E-state index in [9.17, 15) is 4.79 Å². The zero-order chi connectivity index (χ0) is 24.9. The minimum atomic E-state index is -0.420. The molecule has 1 aliphatic rings. The number of hydrogen-bond acceptors (Lipinski definition) is 7. The van der Waals surface area contributed by atoms with E-state index in [0.717, 1.165) is 66.3 Å². The minimum Gasteiger partial charge on any atom is -0.492 e. The second-order valence-electron chi connectivity index (χ2n) is 8.50. The summed E-state index contributed by atoms with van der Waals surface area (Å²) in [5.74, 6) is 0.377. The van der Waals surface area contributed by atoms with Crippen LogP contribution in [0.3, 0.4) is 0 Å². The number of piperazine rings is 1. The van der Waals surface area contributed by atoms with Crippen LogP contribution in [-0.2, 0) is 4.74 Å². The predicted octanol–water partition coefficient (Wildman–Crippen LogP) is 5.66. The average molecular weight is 497 g/mol. The summed E-state index contributed by atoms with van der Waals surface area (Å²) in [4.78, 5) is 22.3. The molecule has 1 aromatic heterocycles. The predicted molar refractivity (Wildman–Crippen MR) is 143 cm³/mol. The van der Waals surface area contributed by atoms with Crippen LogP contribution < -0.4 is 15.0 Å². The number of pyridine rings is 1. The molecule has 3 aromatic rings. The lowest BCUT2D eigenvalue weighted by Gasteiger charge is -2.36. The molecule has 0 unspecified atom stereocenters. The van der Waals surface area contributed by atoms with E-state index in [1.54, 1.807) is 13.1 Å². The lowest BCUT2D eigenvalue weighted by atomic mass is 10.1. The van der Waals surface area contributed by atoms with Crippen LogP contribution in [0.15, 0.2) is 36.5 Å². The summed E-state index contributed by atoms with van der Waals surface area (Å²) in [5, 5.41) is 4.95. The first kappa shape index (κ1) is 25.1. The number of rotatable bonds is 8. The van der Waals surface area contributed by atoms with Crippen LogP contribution in [0.1, 0.15) is 36.7 Å². The van der Waals surface area contributed by atoms with Crippen LogP contribution in [0.5, 0.6) is 5.75 Å². The first-order valence-corrected chi connectivity index (χ1v) is 12.6. The maximum Gasteiger partial charge on any atom is 0.341 e. The Hall–Kier alpha value is -3.03. The van der Waals surface area contributed by atoms with Crippen molar-refractivity contribution in [3.05, 3.63) is 52.7 Å².